The van der Waals surface area contributed by atoms with Crippen LogP contribution in [0.4, 0.5) is 0 Å². The van der Waals surface area contributed by atoms with Gasteiger partial charge in [-0.05, 0) is 19.7 Å². The zero-order chi connectivity index (χ0) is 10.4. The Morgan fingerprint density at radius 1 is 1.38 bits per heavy atom. The van der Waals surface area contributed by atoms with Gasteiger partial charge in [0.25, 0.3) is 0 Å². The molecule has 76 valence electrons. The van der Waals surface area contributed by atoms with Crippen molar-refractivity contribution in [3.63, 3.8) is 0 Å². The molecule has 0 rings (SSSR count). The SMILES string of the molecule is C=CCN=CCC.CN=CCNC. The molecule has 0 saturated heterocycles. The summed E-state index contributed by atoms with van der Waals surface area (Å²) in [5.74, 6) is 0. The summed E-state index contributed by atoms with van der Waals surface area (Å²) in [4.78, 5) is 7.70. The number of aliphatic imine (C=N–C) groups is 2. The molecule has 0 bridgehead atoms. The molecule has 0 saturated carbocycles. The number of hydrogen-bond acceptors (Lipinski definition) is 3. The Hall–Kier alpha value is -0.960. The summed E-state index contributed by atoms with van der Waals surface area (Å²) in [6.45, 7) is 7.21. The zero-order valence-electron chi connectivity index (χ0n) is 8.95. The summed E-state index contributed by atoms with van der Waals surface area (Å²) < 4.78 is 0. The van der Waals surface area contributed by atoms with Gasteiger partial charge in [-0.1, -0.05) is 13.0 Å². The Labute approximate surface area is 81.7 Å². The predicted octanol–water partition coefficient (Wildman–Crippen LogP) is 1.56. The number of nitrogens with one attached hydrogen (secondary N) is 1. The second kappa shape index (κ2) is 17.2. The van der Waals surface area contributed by atoms with E-state index in [1.807, 2.05) is 19.5 Å². The fraction of sp³-hybridized carbons (Fsp3) is 0.600. The van der Waals surface area contributed by atoms with Gasteiger partial charge in [0.2, 0.25) is 0 Å². The maximum Gasteiger partial charge on any atom is 0.0563 e. The van der Waals surface area contributed by atoms with Gasteiger partial charge in [0.15, 0.2) is 0 Å². The molecule has 3 nitrogen and oxygen atoms in total. The Bertz CT molecular complexity index is 139. The fourth-order valence-corrected chi connectivity index (χ4v) is 0.461. The third-order valence-corrected chi connectivity index (χ3v) is 1.02. The van der Waals surface area contributed by atoms with Gasteiger partial charge in [0.05, 0.1) is 6.54 Å². The molecule has 1 N–H and O–H groups in total. The highest BCUT2D eigenvalue weighted by Crippen LogP contribution is 1.70. The van der Waals surface area contributed by atoms with Crippen molar-refractivity contribution >= 4 is 12.4 Å². The largest absolute Gasteiger partial charge is 0.315 e. The highest BCUT2D eigenvalue weighted by molar-refractivity contribution is 5.59. The molecule has 0 unspecified atom stereocenters. The van der Waals surface area contributed by atoms with E-state index in [0.717, 1.165) is 19.5 Å². The third-order valence-electron chi connectivity index (χ3n) is 1.02. The van der Waals surface area contributed by atoms with Crippen LogP contribution in [-0.2, 0) is 0 Å². The summed E-state index contributed by atoms with van der Waals surface area (Å²) in [7, 11) is 3.65. The van der Waals surface area contributed by atoms with Gasteiger partial charge in [-0.2, -0.15) is 0 Å². The van der Waals surface area contributed by atoms with E-state index in [9.17, 15) is 0 Å². The topological polar surface area (TPSA) is 36.8 Å². The van der Waals surface area contributed by atoms with Crippen molar-refractivity contribution in [2.45, 2.75) is 13.3 Å². The van der Waals surface area contributed by atoms with Gasteiger partial charge < -0.3 is 5.32 Å². The van der Waals surface area contributed by atoms with E-state index in [1.54, 1.807) is 13.1 Å². The molecule has 0 fully saturated rings. The third kappa shape index (κ3) is 24.7. The van der Waals surface area contributed by atoms with Gasteiger partial charge >= 0.3 is 0 Å². The van der Waals surface area contributed by atoms with E-state index in [4.69, 9.17) is 0 Å². The van der Waals surface area contributed by atoms with Crippen LogP contribution in [0.1, 0.15) is 13.3 Å². The molecule has 0 spiro atoms. The van der Waals surface area contributed by atoms with Crippen molar-refractivity contribution in [1.29, 1.82) is 0 Å². The van der Waals surface area contributed by atoms with Crippen LogP contribution in [0.3, 0.4) is 0 Å². The van der Waals surface area contributed by atoms with Gasteiger partial charge in [-0.25, -0.2) is 0 Å². The van der Waals surface area contributed by atoms with Crippen LogP contribution in [0.25, 0.3) is 0 Å². The predicted molar refractivity (Wildman–Crippen MR) is 62.2 cm³/mol. The standard InChI is InChI=1S/C6H11N.C4H10N2/c1-3-5-7-6-4-2;1-5-3-4-6-2/h3,6H,1,4-5H2,2H3;3,6H,4H2,1-2H3. The van der Waals surface area contributed by atoms with E-state index < -0.39 is 0 Å². The van der Waals surface area contributed by atoms with E-state index in [-0.39, 0.29) is 0 Å². The number of rotatable bonds is 5. The Morgan fingerprint density at radius 2 is 2.08 bits per heavy atom. The van der Waals surface area contributed by atoms with E-state index >= 15 is 0 Å². The van der Waals surface area contributed by atoms with E-state index in [2.05, 4.69) is 28.8 Å². The van der Waals surface area contributed by atoms with Gasteiger partial charge in [0.1, 0.15) is 0 Å². The molecule has 0 aliphatic rings. The molecular weight excluding hydrogens is 162 g/mol. The lowest BCUT2D eigenvalue weighted by Gasteiger charge is -1.81. The zero-order valence-corrected chi connectivity index (χ0v) is 8.95. The number of hydrogen-bond donors (Lipinski definition) is 1. The first-order chi connectivity index (χ1) is 6.33. The van der Waals surface area contributed by atoms with Crippen LogP contribution in [0.5, 0.6) is 0 Å². The summed E-state index contributed by atoms with van der Waals surface area (Å²) in [6.07, 6.45) is 6.52. The first-order valence-electron chi connectivity index (χ1n) is 4.47. The average Bonchev–Trinajstić information content (AvgIpc) is 2.17. The van der Waals surface area contributed by atoms with Crippen molar-refractivity contribution in [3.05, 3.63) is 12.7 Å². The van der Waals surface area contributed by atoms with E-state index in [1.165, 1.54) is 0 Å². The normalized spacial score (nSPS) is 10.1. The van der Waals surface area contributed by atoms with Crippen LogP contribution in [0.15, 0.2) is 22.6 Å². The van der Waals surface area contributed by atoms with Crippen LogP contribution in [0, 0.1) is 0 Å². The lowest BCUT2D eigenvalue weighted by molar-refractivity contribution is 0.956. The maximum atomic E-state index is 3.97. The summed E-state index contributed by atoms with van der Waals surface area (Å²) in [5.41, 5.74) is 0. The summed E-state index contributed by atoms with van der Waals surface area (Å²) >= 11 is 0. The monoisotopic (exact) mass is 183 g/mol. The molecule has 3 heteroatoms. The molecule has 0 amide bonds. The highest BCUT2D eigenvalue weighted by Gasteiger charge is 1.63. The first kappa shape index (κ1) is 14.6. The Morgan fingerprint density at radius 3 is 2.38 bits per heavy atom. The number of nitrogens with zero attached hydrogens (tertiary/aromatic N) is 2. The molecule has 0 aliphatic carbocycles. The van der Waals surface area contributed by atoms with Crippen LogP contribution in [0.2, 0.25) is 0 Å². The molecule has 0 aromatic heterocycles. The molecule has 0 radical (unpaired) electrons. The van der Waals surface area contributed by atoms with Crippen molar-refractivity contribution < 1.29 is 0 Å². The highest BCUT2D eigenvalue weighted by atomic mass is 14.8. The molecule has 0 heterocycles. The Kier molecular flexibility index (Phi) is 19.3. The second-order valence-corrected chi connectivity index (χ2v) is 2.24. The molecule has 13 heavy (non-hydrogen) atoms. The van der Waals surface area contributed by atoms with Crippen LogP contribution >= 0.6 is 0 Å². The van der Waals surface area contributed by atoms with Crippen molar-refractivity contribution in [3.8, 4) is 0 Å². The average molecular weight is 183 g/mol. The van der Waals surface area contributed by atoms with Gasteiger partial charge in [0, 0.05) is 19.8 Å². The molecule has 0 aliphatic heterocycles. The molecule has 0 atom stereocenters. The minimum Gasteiger partial charge on any atom is -0.315 e. The van der Waals surface area contributed by atoms with Crippen molar-refractivity contribution in [2.75, 3.05) is 27.2 Å². The van der Waals surface area contributed by atoms with Gasteiger partial charge in [-0.15, -0.1) is 6.58 Å². The minimum absolute atomic E-state index is 0.758. The minimum atomic E-state index is 0.758. The first-order valence-corrected chi connectivity index (χ1v) is 4.47. The Balaban J connectivity index is 0. The van der Waals surface area contributed by atoms with Gasteiger partial charge in [-0.3, -0.25) is 9.98 Å². The smallest absolute Gasteiger partial charge is 0.0563 e. The lowest BCUT2D eigenvalue weighted by atomic mass is 10.5. The van der Waals surface area contributed by atoms with E-state index in [0.29, 0.717) is 0 Å². The fourth-order valence-electron chi connectivity index (χ4n) is 0.461. The molecular formula is C10H21N3. The lowest BCUT2D eigenvalue weighted by Crippen LogP contribution is -2.07. The van der Waals surface area contributed by atoms with Crippen LogP contribution < -0.4 is 5.32 Å². The molecule has 0 aromatic carbocycles. The van der Waals surface area contributed by atoms with Crippen molar-refractivity contribution in [1.82, 2.24) is 5.32 Å². The summed E-state index contributed by atoms with van der Waals surface area (Å²) in [5, 5.41) is 2.92. The van der Waals surface area contributed by atoms with Crippen LogP contribution in [-0.4, -0.2) is 39.6 Å². The maximum absolute atomic E-state index is 3.97. The molecule has 0 aromatic rings. The quantitative estimate of drug-likeness (QED) is 0.509. The summed E-state index contributed by atoms with van der Waals surface area (Å²) in [6, 6.07) is 0. The van der Waals surface area contributed by atoms with Crippen molar-refractivity contribution in [2.24, 2.45) is 9.98 Å². The second-order valence-electron chi connectivity index (χ2n) is 2.24.